The monoisotopic (exact) mass is 421 g/mol. The molecule has 2 aliphatic rings. The Kier molecular flexibility index (Phi) is 5.33. The van der Waals surface area contributed by atoms with E-state index in [1.807, 2.05) is 47.4 Å². The van der Waals surface area contributed by atoms with Crippen molar-refractivity contribution in [3.8, 4) is 11.3 Å². The lowest BCUT2D eigenvalue weighted by Crippen LogP contribution is -2.45. The topological polar surface area (TPSA) is 62.4 Å². The molecule has 2 aliphatic heterocycles. The minimum Gasteiger partial charge on any atom is -0.304 e. The molecule has 4 heterocycles. The molecule has 154 valence electrons. The lowest BCUT2D eigenvalue weighted by Gasteiger charge is -2.32. The average molecular weight is 422 g/mol. The summed E-state index contributed by atoms with van der Waals surface area (Å²) in [5.41, 5.74) is 4.29. The Labute approximate surface area is 180 Å². The zero-order chi connectivity index (χ0) is 20.5. The molecule has 0 aliphatic carbocycles. The minimum absolute atomic E-state index is 0.597. The first-order chi connectivity index (χ1) is 14.7. The molecular formula is C22H24ClN7. The summed E-state index contributed by atoms with van der Waals surface area (Å²) in [6.45, 7) is 6.03. The summed E-state index contributed by atoms with van der Waals surface area (Å²) < 4.78 is 1.95. The van der Waals surface area contributed by atoms with E-state index >= 15 is 0 Å². The summed E-state index contributed by atoms with van der Waals surface area (Å²) in [4.78, 5) is 9.10. The van der Waals surface area contributed by atoms with Crippen molar-refractivity contribution < 1.29 is 0 Å². The lowest BCUT2D eigenvalue weighted by atomic mass is 10.1. The van der Waals surface area contributed by atoms with Gasteiger partial charge in [-0.25, -0.2) is 4.68 Å². The molecule has 7 nitrogen and oxygen atoms in total. The Morgan fingerprint density at radius 1 is 0.967 bits per heavy atom. The second-order valence-electron chi connectivity index (χ2n) is 7.83. The van der Waals surface area contributed by atoms with E-state index in [2.05, 4.69) is 32.0 Å². The smallest absolute Gasteiger partial charge is 0.182 e. The summed E-state index contributed by atoms with van der Waals surface area (Å²) in [5.74, 6) is 0. The van der Waals surface area contributed by atoms with Crippen molar-refractivity contribution >= 4 is 34.4 Å². The largest absolute Gasteiger partial charge is 0.304 e. The van der Waals surface area contributed by atoms with Crippen molar-refractivity contribution in [2.24, 2.45) is 4.99 Å². The van der Waals surface area contributed by atoms with Gasteiger partial charge >= 0.3 is 0 Å². The highest BCUT2D eigenvalue weighted by Gasteiger charge is 2.23. The van der Waals surface area contributed by atoms with Crippen molar-refractivity contribution in [3.63, 3.8) is 0 Å². The molecule has 0 atom stereocenters. The Morgan fingerprint density at radius 3 is 2.50 bits per heavy atom. The fourth-order valence-electron chi connectivity index (χ4n) is 3.99. The number of aromatic nitrogens is 4. The summed E-state index contributed by atoms with van der Waals surface area (Å²) >= 11 is 6.90. The number of rotatable bonds is 5. The molecule has 0 saturated carbocycles. The van der Waals surface area contributed by atoms with Gasteiger partial charge in [0.1, 0.15) is 11.4 Å². The molecule has 0 bridgehead atoms. The van der Waals surface area contributed by atoms with Crippen molar-refractivity contribution in [1.82, 2.24) is 29.8 Å². The van der Waals surface area contributed by atoms with Crippen LogP contribution in [0.5, 0.6) is 0 Å². The van der Waals surface area contributed by atoms with Crippen molar-refractivity contribution in [1.29, 1.82) is 0 Å². The Morgan fingerprint density at radius 2 is 1.77 bits per heavy atom. The van der Waals surface area contributed by atoms with Gasteiger partial charge in [-0.15, -0.1) is 10.2 Å². The van der Waals surface area contributed by atoms with E-state index in [0.717, 1.165) is 73.6 Å². The average Bonchev–Trinajstić information content (AvgIpc) is 3.43. The molecule has 1 saturated heterocycles. The van der Waals surface area contributed by atoms with Crippen LogP contribution in [0.3, 0.4) is 0 Å². The van der Waals surface area contributed by atoms with Gasteiger partial charge in [0, 0.05) is 62.7 Å². The normalized spacial score (nSPS) is 17.7. The molecule has 0 spiro atoms. The van der Waals surface area contributed by atoms with Crippen molar-refractivity contribution in [2.75, 3.05) is 39.8 Å². The zero-order valence-electron chi connectivity index (χ0n) is 17.0. The molecule has 2 aromatic heterocycles. The van der Waals surface area contributed by atoms with E-state index in [-0.39, 0.29) is 0 Å². The number of fused-ring (bicyclic) bond motifs is 1. The first-order valence-electron chi connectivity index (χ1n) is 10.3. The Bertz CT molecular complexity index is 1110. The van der Waals surface area contributed by atoms with Crippen LogP contribution < -0.4 is 0 Å². The molecule has 8 heteroatoms. The maximum Gasteiger partial charge on any atom is 0.182 e. The number of nitrogens with zero attached hydrogens (tertiary/aromatic N) is 7. The summed E-state index contributed by atoms with van der Waals surface area (Å²) in [7, 11) is 2.17. The van der Waals surface area contributed by atoms with Crippen LogP contribution in [-0.2, 0) is 6.54 Å². The maximum atomic E-state index is 6.90. The third-order valence-electron chi connectivity index (χ3n) is 5.82. The van der Waals surface area contributed by atoms with Crippen LogP contribution in [0.25, 0.3) is 27.9 Å². The number of halogens is 1. The van der Waals surface area contributed by atoms with Gasteiger partial charge in [-0.05, 0) is 7.05 Å². The van der Waals surface area contributed by atoms with Crippen LogP contribution in [0.1, 0.15) is 12.1 Å². The van der Waals surface area contributed by atoms with Gasteiger partial charge in [0.25, 0.3) is 0 Å². The fraction of sp³-hybridized carbons (Fsp3) is 0.364. The van der Waals surface area contributed by atoms with E-state index < -0.39 is 0 Å². The second kappa shape index (κ2) is 8.26. The van der Waals surface area contributed by atoms with Gasteiger partial charge in [0.15, 0.2) is 5.65 Å². The van der Waals surface area contributed by atoms with Gasteiger partial charge < -0.3 is 4.90 Å². The van der Waals surface area contributed by atoms with Gasteiger partial charge in [-0.3, -0.25) is 9.89 Å². The number of aliphatic imine (C=N–C) groups is 1. The third kappa shape index (κ3) is 3.64. The summed E-state index contributed by atoms with van der Waals surface area (Å²) in [6, 6.07) is 9.93. The van der Waals surface area contributed by atoms with Gasteiger partial charge in [-0.2, -0.15) is 5.10 Å². The third-order valence-corrected chi connectivity index (χ3v) is 6.19. The standard InChI is InChI=1S/C22H24ClN7/c1-28-9-11-29(12-10-28)13-14-30-22-18(20(27-30)17-7-8-24-15-17)19(23)21(25-26-22)16-5-3-2-4-6-16/h2-6,8,15H,7,9-14H2,1H3. The maximum absolute atomic E-state index is 6.90. The van der Waals surface area contributed by atoms with Gasteiger partial charge in [0.2, 0.25) is 0 Å². The van der Waals surface area contributed by atoms with E-state index in [1.165, 1.54) is 0 Å². The molecular weight excluding hydrogens is 398 g/mol. The number of benzene rings is 1. The summed E-state index contributed by atoms with van der Waals surface area (Å²) in [6.07, 6.45) is 4.51. The molecule has 1 fully saturated rings. The number of hydrogen-bond acceptors (Lipinski definition) is 6. The Balaban J connectivity index is 1.53. The van der Waals surface area contributed by atoms with Crippen LogP contribution >= 0.6 is 11.6 Å². The predicted molar refractivity (Wildman–Crippen MR) is 121 cm³/mol. The van der Waals surface area contributed by atoms with Crippen LogP contribution in [-0.4, -0.2) is 75.8 Å². The van der Waals surface area contributed by atoms with Crippen LogP contribution in [0.2, 0.25) is 5.02 Å². The van der Waals surface area contributed by atoms with Gasteiger partial charge in [-0.1, -0.05) is 41.9 Å². The Hall–Kier alpha value is -2.61. The predicted octanol–water partition coefficient (Wildman–Crippen LogP) is 3.21. The lowest BCUT2D eigenvalue weighted by molar-refractivity contribution is 0.149. The van der Waals surface area contributed by atoms with Crippen LogP contribution in [0.15, 0.2) is 41.5 Å². The second-order valence-corrected chi connectivity index (χ2v) is 8.21. The quantitative estimate of drug-likeness (QED) is 0.633. The molecule has 3 aromatic rings. The highest BCUT2D eigenvalue weighted by atomic mass is 35.5. The fourth-order valence-corrected chi connectivity index (χ4v) is 4.31. The van der Waals surface area contributed by atoms with Crippen molar-refractivity contribution in [3.05, 3.63) is 47.2 Å². The molecule has 0 radical (unpaired) electrons. The number of hydrogen-bond donors (Lipinski definition) is 0. The highest BCUT2D eigenvalue weighted by Crippen LogP contribution is 2.36. The molecule has 0 N–H and O–H groups in total. The molecule has 30 heavy (non-hydrogen) atoms. The first kappa shape index (κ1) is 19.4. The number of piperazine rings is 1. The minimum atomic E-state index is 0.597. The molecule has 0 unspecified atom stereocenters. The number of allylic oxidation sites excluding steroid dienone is 1. The molecule has 0 amide bonds. The van der Waals surface area contributed by atoms with Crippen molar-refractivity contribution in [2.45, 2.75) is 13.0 Å². The first-order valence-corrected chi connectivity index (χ1v) is 10.7. The molecule has 5 rings (SSSR count). The highest BCUT2D eigenvalue weighted by molar-refractivity contribution is 6.38. The zero-order valence-corrected chi connectivity index (χ0v) is 17.8. The van der Waals surface area contributed by atoms with Crippen LogP contribution in [0, 0.1) is 0 Å². The summed E-state index contributed by atoms with van der Waals surface area (Å²) in [5, 5.41) is 15.4. The molecule has 1 aromatic carbocycles. The van der Waals surface area contributed by atoms with Gasteiger partial charge in [0.05, 0.1) is 17.0 Å². The van der Waals surface area contributed by atoms with E-state index in [0.29, 0.717) is 10.7 Å². The SMILES string of the molecule is CN1CCN(CCn2nc(C3=CN=CC3)c3c(Cl)c(-c4ccccc4)nnc32)CC1. The van der Waals surface area contributed by atoms with E-state index in [9.17, 15) is 0 Å². The van der Waals surface area contributed by atoms with E-state index in [4.69, 9.17) is 16.7 Å². The van der Waals surface area contributed by atoms with E-state index in [1.54, 1.807) is 0 Å². The van der Waals surface area contributed by atoms with Crippen LogP contribution in [0.4, 0.5) is 0 Å². The number of likely N-dealkylation sites (N-methyl/N-ethyl adjacent to an activating group) is 1.